The summed E-state index contributed by atoms with van der Waals surface area (Å²) in [7, 11) is 1.15. The van der Waals surface area contributed by atoms with Gasteiger partial charge < -0.3 is 14.7 Å². The molecule has 112 valence electrons. The second kappa shape index (κ2) is 5.47. The van der Waals surface area contributed by atoms with E-state index in [1.165, 1.54) is 0 Å². The molecule has 0 aliphatic carbocycles. The number of carbonyl (C=O) groups excluding carboxylic acids is 2. The number of carboxylic acid groups (broad SMARTS) is 1. The zero-order valence-corrected chi connectivity index (χ0v) is 10.9. The van der Waals surface area contributed by atoms with Crippen molar-refractivity contribution in [3.63, 3.8) is 0 Å². The van der Waals surface area contributed by atoms with Crippen LogP contribution in [-0.4, -0.2) is 36.6 Å². The Morgan fingerprint density at radius 2 is 2.05 bits per heavy atom. The Morgan fingerprint density at radius 1 is 1.38 bits per heavy atom. The van der Waals surface area contributed by atoms with Crippen LogP contribution in [-0.2, 0) is 14.3 Å². The van der Waals surface area contributed by atoms with Crippen molar-refractivity contribution in [3.05, 3.63) is 29.3 Å². The van der Waals surface area contributed by atoms with Gasteiger partial charge in [-0.1, -0.05) is 0 Å². The highest BCUT2D eigenvalue weighted by Gasteiger charge is 2.38. The molecule has 1 fully saturated rings. The standard InChI is InChI=1S/C13H11F2NO5/c1-21-13(20)6-2-10(17)16(5-6)11-8(12(18)19)3-7(14)4-9(11)15/h3-4,6H,2,5H2,1H3,(H,18,19). The van der Waals surface area contributed by atoms with Crippen LogP contribution in [0.5, 0.6) is 0 Å². The summed E-state index contributed by atoms with van der Waals surface area (Å²) in [6.07, 6.45) is -0.220. The number of benzene rings is 1. The topological polar surface area (TPSA) is 83.9 Å². The summed E-state index contributed by atoms with van der Waals surface area (Å²) in [5.41, 5.74) is -1.22. The van der Waals surface area contributed by atoms with Gasteiger partial charge in [-0.3, -0.25) is 9.59 Å². The molecule has 1 aliphatic rings. The van der Waals surface area contributed by atoms with Crippen LogP contribution < -0.4 is 4.90 Å². The van der Waals surface area contributed by atoms with Crippen molar-refractivity contribution in [3.8, 4) is 0 Å². The number of hydrogen-bond donors (Lipinski definition) is 1. The van der Waals surface area contributed by atoms with Gasteiger partial charge in [0.15, 0.2) is 5.82 Å². The molecule has 1 amide bonds. The highest BCUT2D eigenvalue weighted by Crippen LogP contribution is 2.32. The summed E-state index contributed by atoms with van der Waals surface area (Å²) in [5, 5.41) is 9.02. The fourth-order valence-corrected chi connectivity index (χ4v) is 2.25. The number of rotatable bonds is 3. The van der Waals surface area contributed by atoms with Crippen LogP contribution >= 0.6 is 0 Å². The third kappa shape index (κ3) is 2.69. The Kier molecular flexibility index (Phi) is 3.88. The van der Waals surface area contributed by atoms with Gasteiger partial charge in [0.25, 0.3) is 0 Å². The quantitative estimate of drug-likeness (QED) is 0.848. The van der Waals surface area contributed by atoms with Gasteiger partial charge in [-0.2, -0.15) is 0 Å². The number of methoxy groups -OCH3 is 1. The van der Waals surface area contributed by atoms with Crippen molar-refractivity contribution in [1.82, 2.24) is 0 Å². The molecule has 1 N–H and O–H groups in total. The van der Waals surface area contributed by atoms with Crippen molar-refractivity contribution in [2.45, 2.75) is 6.42 Å². The molecule has 1 heterocycles. The van der Waals surface area contributed by atoms with Crippen LogP contribution in [0.25, 0.3) is 0 Å². The Bertz CT molecular complexity index is 631. The van der Waals surface area contributed by atoms with E-state index in [1.54, 1.807) is 0 Å². The molecular weight excluding hydrogens is 288 g/mol. The van der Waals surface area contributed by atoms with Crippen molar-refractivity contribution >= 4 is 23.5 Å². The maximum absolute atomic E-state index is 13.9. The average Bonchev–Trinajstić information content (AvgIpc) is 2.78. The smallest absolute Gasteiger partial charge is 0.338 e. The summed E-state index contributed by atoms with van der Waals surface area (Å²) in [5.74, 6) is -5.90. The van der Waals surface area contributed by atoms with E-state index in [4.69, 9.17) is 5.11 Å². The van der Waals surface area contributed by atoms with Crippen molar-refractivity contribution in [2.24, 2.45) is 5.92 Å². The predicted molar refractivity (Wildman–Crippen MR) is 65.8 cm³/mol. The van der Waals surface area contributed by atoms with Gasteiger partial charge in [0.1, 0.15) is 5.82 Å². The van der Waals surface area contributed by atoms with E-state index in [1.807, 2.05) is 0 Å². The molecule has 0 spiro atoms. The predicted octanol–water partition coefficient (Wildman–Crippen LogP) is 1.19. The van der Waals surface area contributed by atoms with Gasteiger partial charge in [0.2, 0.25) is 5.91 Å². The molecular formula is C13H11F2NO5. The fraction of sp³-hybridized carbons (Fsp3) is 0.308. The normalized spacial score (nSPS) is 18.0. The molecule has 0 aromatic heterocycles. The van der Waals surface area contributed by atoms with Gasteiger partial charge >= 0.3 is 11.9 Å². The van der Waals surface area contributed by atoms with Gasteiger partial charge in [-0.05, 0) is 6.07 Å². The largest absolute Gasteiger partial charge is 0.478 e. The molecule has 0 radical (unpaired) electrons. The molecule has 1 unspecified atom stereocenters. The second-order valence-electron chi connectivity index (χ2n) is 4.52. The lowest BCUT2D eigenvalue weighted by Crippen LogP contribution is -2.29. The minimum Gasteiger partial charge on any atom is -0.478 e. The molecule has 1 saturated heterocycles. The summed E-state index contributed by atoms with van der Waals surface area (Å²) >= 11 is 0. The van der Waals surface area contributed by atoms with Crippen LogP contribution in [0.3, 0.4) is 0 Å². The number of carbonyl (C=O) groups is 3. The SMILES string of the molecule is COC(=O)C1CC(=O)N(c2c(F)cc(F)cc2C(=O)O)C1. The Balaban J connectivity index is 2.45. The zero-order valence-electron chi connectivity index (χ0n) is 10.9. The minimum absolute atomic E-state index is 0.214. The number of aromatic carboxylic acids is 1. The minimum atomic E-state index is -1.57. The van der Waals surface area contributed by atoms with Gasteiger partial charge in [-0.15, -0.1) is 0 Å². The number of nitrogens with zero attached hydrogens (tertiary/aromatic N) is 1. The number of hydrogen-bond acceptors (Lipinski definition) is 4. The highest BCUT2D eigenvalue weighted by atomic mass is 19.1. The van der Waals surface area contributed by atoms with Crippen molar-refractivity contribution in [2.75, 3.05) is 18.6 Å². The molecule has 1 aliphatic heterocycles. The van der Waals surface area contributed by atoms with E-state index in [2.05, 4.69) is 4.74 Å². The average molecular weight is 299 g/mol. The third-order valence-electron chi connectivity index (χ3n) is 3.19. The highest BCUT2D eigenvalue weighted by molar-refractivity contribution is 6.05. The lowest BCUT2D eigenvalue weighted by atomic mass is 10.1. The number of carboxylic acids is 1. The molecule has 6 nitrogen and oxygen atoms in total. The molecule has 1 atom stereocenters. The van der Waals surface area contributed by atoms with Crippen LogP contribution in [0.4, 0.5) is 14.5 Å². The van der Waals surface area contributed by atoms with Crippen molar-refractivity contribution in [1.29, 1.82) is 0 Å². The lowest BCUT2D eigenvalue weighted by Gasteiger charge is -2.19. The molecule has 8 heteroatoms. The first kappa shape index (κ1) is 14.9. The van der Waals surface area contributed by atoms with E-state index >= 15 is 0 Å². The Morgan fingerprint density at radius 3 is 2.62 bits per heavy atom. The van der Waals surface area contributed by atoms with E-state index in [0.717, 1.165) is 12.0 Å². The number of amides is 1. The summed E-state index contributed by atoms with van der Waals surface area (Å²) in [6.45, 7) is -0.214. The van der Waals surface area contributed by atoms with E-state index in [-0.39, 0.29) is 13.0 Å². The van der Waals surface area contributed by atoms with Crippen LogP contribution in [0.1, 0.15) is 16.8 Å². The first-order chi connectivity index (χ1) is 9.85. The Labute approximate surface area is 117 Å². The fourth-order valence-electron chi connectivity index (χ4n) is 2.25. The van der Waals surface area contributed by atoms with Crippen LogP contribution in [0.15, 0.2) is 12.1 Å². The lowest BCUT2D eigenvalue weighted by molar-refractivity contribution is -0.145. The van der Waals surface area contributed by atoms with E-state index < -0.39 is 46.6 Å². The van der Waals surface area contributed by atoms with Crippen molar-refractivity contribution < 1.29 is 33.0 Å². The maximum Gasteiger partial charge on any atom is 0.338 e. The number of ether oxygens (including phenoxy) is 1. The monoisotopic (exact) mass is 299 g/mol. The summed E-state index contributed by atoms with van der Waals surface area (Å²) in [4.78, 5) is 35.2. The van der Waals surface area contributed by atoms with Gasteiger partial charge in [-0.25, -0.2) is 13.6 Å². The maximum atomic E-state index is 13.9. The number of esters is 1. The molecule has 1 aromatic rings. The van der Waals surface area contributed by atoms with Gasteiger partial charge in [0, 0.05) is 19.0 Å². The van der Waals surface area contributed by atoms with Gasteiger partial charge in [0.05, 0.1) is 24.3 Å². The number of halogens is 2. The van der Waals surface area contributed by atoms with Crippen LogP contribution in [0.2, 0.25) is 0 Å². The zero-order chi connectivity index (χ0) is 15.7. The second-order valence-corrected chi connectivity index (χ2v) is 4.52. The molecule has 0 bridgehead atoms. The summed E-state index contributed by atoms with van der Waals surface area (Å²) < 4.78 is 31.5. The molecule has 21 heavy (non-hydrogen) atoms. The first-order valence-corrected chi connectivity index (χ1v) is 5.95. The Hall–Kier alpha value is -2.51. The molecule has 2 rings (SSSR count). The third-order valence-corrected chi connectivity index (χ3v) is 3.19. The van der Waals surface area contributed by atoms with E-state index in [9.17, 15) is 23.2 Å². The summed E-state index contributed by atoms with van der Waals surface area (Å²) in [6, 6.07) is 1.11. The number of anilines is 1. The molecule has 0 saturated carbocycles. The first-order valence-electron chi connectivity index (χ1n) is 5.95. The van der Waals surface area contributed by atoms with Crippen LogP contribution in [0, 0.1) is 17.6 Å². The van der Waals surface area contributed by atoms with E-state index in [0.29, 0.717) is 12.1 Å². The molecule has 1 aromatic carbocycles.